The van der Waals surface area contributed by atoms with Crippen molar-refractivity contribution in [2.45, 2.75) is 49.0 Å². The van der Waals surface area contributed by atoms with Crippen LogP contribution in [0.5, 0.6) is 0 Å². The lowest BCUT2D eigenvalue weighted by Gasteiger charge is -2.44. The molecule has 3 heterocycles. The second-order valence-electron chi connectivity index (χ2n) is 11.6. The van der Waals surface area contributed by atoms with Crippen molar-refractivity contribution in [2.24, 2.45) is 12.5 Å². The van der Waals surface area contributed by atoms with Gasteiger partial charge in [-0.25, -0.2) is 22.2 Å². The van der Waals surface area contributed by atoms with E-state index < -0.39 is 68.1 Å². The van der Waals surface area contributed by atoms with Crippen LogP contribution in [-0.4, -0.2) is 51.5 Å². The molecule has 248 valence electrons. The van der Waals surface area contributed by atoms with Crippen LogP contribution in [0, 0.1) is 11.2 Å². The number of carbonyl (C=O) groups is 1. The molecular formula is C30H25F7N6O3S. The van der Waals surface area contributed by atoms with E-state index >= 15 is 0 Å². The maximum Gasteiger partial charge on any atom is 0.416 e. The van der Waals surface area contributed by atoms with Gasteiger partial charge in [-0.15, -0.1) is 0 Å². The fraction of sp³-hybridized carbons (Fsp3) is 0.333. The number of halogens is 7. The molecule has 2 atom stereocenters. The van der Waals surface area contributed by atoms with Gasteiger partial charge in [-0.2, -0.15) is 36.5 Å². The maximum absolute atomic E-state index is 14.4. The number of Topliss-reactive ketones (excluding diaryl/α,β-unsaturated/α-hetero) is 1. The molecule has 2 aliphatic rings. The number of hydrogen-bond donors (Lipinski definition) is 1. The highest BCUT2D eigenvalue weighted by molar-refractivity contribution is 7.89. The molecular weight excluding hydrogens is 657 g/mol. The standard InChI is InChI=1S/C30H25F7N6O3S/c1-42-15-23(27(41-42)47(45,46)40-16-29(32,33)34)17-2-3-19-11-25-18(14-39-43(25)22-6-4-21(31)5-7-22)13-28(19,12-17)26(44)24-10-20(8-9-38-24)30(35,36)37/h4-11,14-15,17,40H,2-3,12-13,16H2,1H3/t17-,28-/m0/s1. The van der Waals surface area contributed by atoms with Crippen molar-refractivity contribution in [1.82, 2.24) is 29.3 Å². The molecule has 0 saturated heterocycles. The Kier molecular flexibility index (Phi) is 7.90. The van der Waals surface area contributed by atoms with E-state index in [1.54, 1.807) is 10.8 Å². The number of alkyl halides is 6. The molecule has 0 aliphatic heterocycles. The summed E-state index contributed by atoms with van der Waals surface area (Å²) in [6.07, 6.45) is -3.90. The summed E-state index contributed by atoms with van der Waals surface area (Å²) in [6.45, 7) is -1.83. The van der Waals surface area contributed by atoms with E-state index in [1.165, 1.54) is 48.4 Å². The summed E-state index contributed by atoms with van der Waals surface area (Å²) >= 11 is 0. The van der Waals surface area contributed by atoms with Crippen molar-refractivity contribution in [1.29, 1.82) is 0 Å². The summed E-state index contributed by atoms with van der Waals surface area (Å²) < 4.78 is 123. The van der Waals surface area contributed by atoms with Gasteiger partial charge in [0.05, 0.1) is 28.6 Å². The second-order valence-corrected chi connectivity index (χ2v) is 13.3. The van der Waals surface area contributed by atoms with Crippen molar-refractivity contribution < 1.29 is 43.9 Å². The van der Waals surface area contributed by atoms with Crippen LogP contribution >= 0.6 is 0 Å². The zero-order valence-corrected chi connectivity index (χ0v) is 25.2. The molecule has 47 heavy (non-hydrogen) atoms. The molecule has 0 spiro atoms. The third-order valence-corrected chi connectivity index (χ3v) is 9.82. The second kappa shape index (κ2) is 11.4. The predicted molar refractivity (Wildman–Crippen MR) is 152 cm³/mol. The topological polar surface area (TPSA) is 112 Å². The van der Waals surface area contributed by atoms with E-state index in [0.717, 1.165) is 16.9 Å². The Labute approximate surface area is 263 Å². The van der Waals surface area contributed by atoms with Crippen LogP contribution in [-0.2, 0) is 29.7 Å². The lowest BCUT2D eigenvalue weighted by molar-refractivity contribution is -0.137. The van der Waals surface area contributed by atoms with Crippen LogP contribution in [0.4, 0.5) is 30.7 Å². The molecule has 1 N–H and O–H groups in total. The third-order valence-electron chi connectivity index (χ3n) is 8.47. The monoisotopic (exact) mass is 682 g/mol. The largest absolute Gasteiger partial charge is 0.416 e. The van der Waals surface area contributed by atoms with Crippen molar-refractivity contribution in [3.05, 3.63) is 94.5 Å². The number of nitrogens with zero attached hydrogens (tertiary/aromatic N) is 5. The number of rotatable bonds is 7. The minimum absolute atomic E-state index is 0.0444. The zero-order valence-electron chi connectivity index (χ0n) is 24.4. The van der Waals surface area contributed by atoms with Gasteiger partial charge in [-0.05, 0) is 79.6 Å². The average molecular weight is 683 g/mol. The highest BCUT2D eigenvalue weighted by atomic mass is 32.2. The van der Waals surface area contributed by atoms with E-state index in [1.807, 2.05) is 0 Å². The fourth-order valence-electron chi connectivity index (χ4n) is 6.36. The molecule has 0 radical (unpaired) electrons. The molecule has 17 heteroatoms. The normalized spacial score (nSPS) is 20.0. The highest BCUT2D eigenvalue weighted by Gasteiger charge is 2.51. The molecule has 4 aromatic rings. The first kappa shape index (κ1) is 32.6. The Balaban J connectivity index is 1.45. The Bertz CT molecular complexity index is 2000. The fourth-order valence-corrected chi connectivity index (χ4v) is 7.62. The average Bonchev–Trinajstić information content (AvgIpc) is 3.61. The summed E-state index contributed by atoms with van der Waals surface area (Å²) in [5, 5.41) is 7.70. The number of hydrogen-bond acceptors (Lipinski definition) is 6. The molecule has 1 fully saturated rings. The van der Waals surface area contributed by atoms with Crippen molar-refractivity contribution in [3.8, 4) is 5.69 Å². The summed E-state index contributed by atoms with van der Waals surface area (Å²) in [4.78, 5) is 18.4. The minimum Gasteiger partial charge on any atom is -0.291 e. The molecule has 0 bridgehead atoms. The van der Waals surface area contributed by atoms with Crippen LogP contribution in [0.25, 0.3) is 11.8 Å². The lowest BCUT2D eigenvalue weighted by atomic mass is 9.58. The van der Waals surface area contributed by atoms with Crippen LogP contribution in [0.3, 0.4) is 0 Å². The summed E-state index contributed by atoms with van der Waals surface area (Å²) in [7, 11) is -3.36. The maximum atomic E-state index is 14.4. The molecule has 1 saturated carbocycles. The van der Waals surface area contributed by atoms with Gasteiger partial charge >= 0.3 is 12.4 Å². The number of fused-ring (bicyclic) bond motifs is 2. The Morgan fingerprint density at radius 3 is 2.51 bits per heavy atom. The molecule has 1 aromatic carbocycles. The summed E-state index contributed by atoms with van der Waals surface area (Å²) in [5.41, 5.74) is -0.797. The first-order valence-electron chi connectivity index (χ1n) is 14.2. The zero-order chi connectivity index (χ0) is 33.9. The number of aryl methyl sites for hydroxylation is 1. The highest BCUT2D eigenvalue weighted by Crippen LogP contribution is 2.54. The van der Waals surface area contributed by atoms with Gasteiger partial charge in [0.25, 0.3) is 10.0 Å². The number of carbonyl (C=O) groups excluding carboxylic acids is 1. The Morgan fingerprint density at radius 1 is 1.11 bits per heavy atom. The predicted octanol–water partition coefficient (Wildman–Crippen LogP) is 5.78. The first-order valence-corrected chi connectivity index (χ1v) is 15.7. The number of sulfonamides is 1. The number of pyridine rings is 1. The van der Waals surface area contributed by atoms with Gasteiger partial charge in [-0.3, -0.25) is 14.5 Å². The van der Waals surface area contributed by atoms with E-state index in [-0.39, 0.29) is 31.2 Å². The van der Waals surface area contributed by atoms with Gasteiger partial charge in [0, 0.05) is 25.0 Å². The van der Waals surface area contributed by atoms with Gasteiger partial charge in [0.15, 0.2) is 10.8 Å². The number of nitrogens with one attached hydrogen (secondary N) is 1. The molecule has 2 aliphatic carbocycles. The van der Waals surface area contributed by atoms with Crippen molar-refractivity contribution in [2.75, 3.05) is 6.54 Å². The first-order chi connectivity index (χ1) is 22.0. The molecule has 3 aromatic heterocycles. The smallest absolute Gasteiger partial charge is 0.291 e. The number of allylic oxidation sites excluding steroid dienone is 1. The van der Waals surface area contributed by atoms with Crippen molar-refractivity contribution in [3.63, 3.8) is 0 Å². The molecule has 0 unspecified atom stereocenters. The van der Waals surface area contributed by atoms with Gasteiger partial charge in [0.2, 0.25) is 0 Å². The lowest BCUT2D eigenvalue weighted by Crippen LogP contribution is -2.42. The number of benzene rings is 1. The molecule has 6 rings (SSSR count). The summed E-state index contributed by atoms with van der Waals surface area (Å²) in [5.74, 6) is -1.94. The van der Waals surface area contributed by atoms with Gasteiger partial charge < -0.3 is 0 Å². The SMILES string of the molecule is Cn1cc([C@H]2CCC3=Cc4c(cnn4-c4ccc(F)cc4)C[C@@]3(C(=O)c3cc(C(F)(F)F)ccn3)C2)c(S(=O)(=O)NCC(F)(F)F)n1. The summed E-state index contributed by atoms with van der Waals surface area (Å²) in [6, 6.07) is 6.92. The van der Waals surface area contributed by atoms with Crippen LogP contribution in [0.2, 0.25) is 0 Å². The minimum atomic E-state index is -4.83. The molecule has 9 nitrogen and oxygen atoms in total. The van der Waals surface area contributed by atoms with E-state index in [4.69, 9.17) is 0 Å². The number of ketones is 1. The van der Waals surface area contributed by atoms with E-state index in [0.29, 0.717) is 28.6 Å². The van der Waals surface area contributed by atoms with Crippen LogP contribution < -0.4 is 4.72 Å². The Hall–Kier alpha value is -4.38. The van der Waals surface area contributed by atoms with Gasteiger partial charge in [-0.1, -0.05) is 5.57 Å². The van der Waals surface area contributed by atoms with Crippen molar-refractivity contribution >= 4 is 21.9 Å². The Morgan fingerprint density at radius 2 is 1.83 bits per heavy atom. The van der Waals surface area contributed by atoms with E-state index in [9.17, 15) is 43.9 Å². The molecule has 0 amide bonds. The quantitative estimate of drug-likeness (QED) is 0.196. The van der Waals surface area contributed by atoms with Crippen LogP contribution in [0.1, 0.15) is 58.1 Å². The van der Waals surface area contributed by atoms with Crippen LogP contribution in [0.15, 0.2) is 65.6 Å². The van der Waals surface area contributed by atoms with Gasteiger partial charge in [0.1, 0.15) is 18.1 Å². The number of aromatic nitrogens is 5. The third kappa shape index (κ3) is 6.20. The van der Waals surface area contributed by atoms with E-state index in [2.05, 4.69) is 15.2 Å².